The topological polar surface area (TPSA) is 36.1 Å². The second-order valence-electron chi connectivity index (χ2n) is 6.20. The summed E-state index contributed by atoms with van der Waals surface area (Å²) in [4.78, 5) is 16.8. The average Bonchev–Trinajstić information content (AvgIpc) is 2.88. The van der Waals surface area contributed by atoms with Crippen molar-refractivity contribution in [3.8, 4) is 0 Å². The molecule has 0 aliphatic carbocycles. The lowest BCUT2D eigenvalue weighted by Gasteiger charge is -2.31. The quantitative estimate of drug-likeness (QED) is 0.652. The third kappa shape index (κ3) is 4.41. The Bertz CT molecular complexity index is 574. The molecule has 0 bridgehead atoms. The Morgan fingerprint density at radius 1 is 1.36 bits per heavy atom. The highest BCUT2D eigenvalue weighted by molar-refractivity contribution is 7.22. The molecule has 1 atom stereocenters. The van der Waals surface area contributed by atoms with Gasteiger partial charge in [0.2, 0.25) is 0 Å². The number of nitrogens with one attached hydrogen (secondary N) is 1. The summed E-state index contributed by atoms with van der Waals surface area (Å²) in [6.45, 7) is 10.0. The first-order valence-corrected chi connectivity index (χ1v) is 8.63. The first-order valence-electron chi connectivity index (χ1n) is 8.06. The molecule has 1 aromatic rings. The summed E-state index contributed by atoms with van der Waals surface area (Å²) in [5.74, 6) is 0.653. The number of H-pyrrole nitrogens is 1. The van der Waals surface area contributed by atoms with Crippen LogP contribution in [0.4, 0.5) is 0 Å². The van der Waals surface area contributed by atoms with E-state index in [2.05, 4.69) is 45.1 Å². The van der Waals surface area contributed by atoms with Gasteiger partial charge >= 0.3 is 0 Å². The van der Waals surface area contributed by atoms with E-state index in [4.69, 9.17) is 0 Å². The monoisotopic (exact) mass is 318 g/mol. The Morgan fingerprint density at radius 3 is 2.59 bits per heavy atom. The Hall–Kier alpha value is -1.18. The lowest BCUT2D eigenvalue weighted by atomic mass is 9.89. The molecule has 1 aliphatic heterocycles. The number of nitrogens with zero attached hydrogens (tertiary/aromatic N) is 1. The van der Waals surface area contributed by atoms with Crippen LogP contribution < -0.4 is 0 Å². The molecule has 1 fully saturated rings. The van der Waals surface area contributed by atoms with Gasteiger partial charge in [0, 0.05) is 11.3 Å². The zero-order valence-electron chi connectivity index (χ0n) is 13.9. The molecule has 0 saturated carbocycles. The summed E-state index contributed by atoms with van der Waals surface area (Å²) in [5.41, 5.74) is 4.17. The molecule has 0 spiro atoms. The van der Waals surface area contributed by atoms with Gasteiger partial charge in [0.1, 0.15) is 0 Å². The maximum absolute atomic E-state index is 11.0. The summed E-state index contributed by atoms with van der Waals surface area (Å²) in [5, 5.41) is 1.15. The van der Waals surface area contributed by atoms with Crippen molar-refractivity contribution >= 4 is 27.7 Å². The predicted octanol–water partition coefficient (Wildman–Crippen LogP) is 4.20. The second-order valence-corrected chi connectivity index (χ2v) is 7.11. The van der Waals surface area contributed by atoms with Gasteiger partial charge in [-0.15, -0.1) is 9.24 Å². The van der Waals surface area contributed by atoms with Gasteiger partial charge in [-0.05, 0) is 70.5 Å². The molecule has 3 nitrogen and oxygen atoms in total. The van der Waals surface area contributed by atoms with Crippen LogP contribution in [0.1, 0.15) is 55.4 Å². The van der Waals surface area contributed by atoms with E-state index in [1.807, 2.05) is 13.0 Å². The highest BCUT2D eigenvalue weighted by Gasteiger charge is 2.19. The van der Waals surface area contributed by atoms with Crippen LogP contribution in [0.2, 0.25) is 0 Å². The summed E-state index contributed by atoms with van der Waals surface area (Å²) >= 11 is 0. The zero-order valence-corrected chi connectivity index (χ0v) is 15.0. The van der Waals surface area contributed by atoms with Gasteiger partial charge < -0.3 is 9.88 Å². The molecule has 2 heterocycles. The van der Waals surface area contributed by atoms with Gasteiger partial charge in [0.05, 0.1) is 5.69 Å². The minimum atomic E-state index is 0.636. The first kappa shape index (κ1) is 17.2. The molecule has 0 aromatic carbocycles. The molecular formula is C18H27N2OP. The van der Waals surface area contributed by atoms with Crippen LogP contribution >= 0.6 is 9.24 Å². The number of aromatic nitrogens is 1. The first-order chi connectivity index (χ1) is 10.5. The molecule has 0 amide bonds. The summed E-state index contributed by atoms with van der Waals surface area (Å²) in [6, 6.07) is 1.92. The fourth-order valence-corrected chi connectivity index (χ4v) is 3.29. The van der Waals surface area contributed by atoms with Crippen molar-refractivity contribution in [2.24, 2.45) is 5.92 Å². The fourth-order valence-electron chi connectivity index (χ4n) is 3.11. The molecule has 4 heteroatoms. The minimum Gasteiger partial charge on any atom is -0.352 e. The van der Waals surface area contributed by atoms with Crippen molar-refractivity contribution in [1.29, 1.82) is 0 Å². The van der Waals surface area contributed by atoms with Crippen LogP contribution in [0.3, 0.4) is 0 Å². The van der Waals surface area contributed by atoms with Crippen LogP contribution in [-0.2, 0) is 0 Å². The van der Waals surface area contributed by atoms with E-state index in [1.165, 1.54) is 31.5 Å². The minimum absolute atomic E-state index is 0.636. The maximum atomic E-state index is 11.0. The number of allylic oxidation sites excluding steroid dienone is 2. The third-order valence-electron chi connectivity index (χ3n) is 4.46. The van der Waals surface area contributed by atoms with Gasteiger partial charge in [0.15, 0.2) is 6.29 Å². The smallest absolute Gasteiger partial charge is 0.166 e. The van der Waals surface area contributed by atoms with Crippen molar-refractivity contribution in [2.45, 2.75) is 33.6 Å². The molecule has 2 rings (SSSR count). The Kier molecular flexibility index (Phi) is 6.16. The second kappa shape index (κ2) is 7.89. The van der Waals surface area contributed by atoms with E-state index in [1.54, 1.807) is 0 Å². The van der Waals surface area contributed by atoms with Crippen molar-refractivity contribution in [3.63, 3.8) is 0 Å². The van der Waals surface area contributed by atoms with E-state index >= 15 is 0 Å². The lowest BCUT2D eigenvalue weighted by Crippen LogP contribution is -2.33. The van der Waals surface area contributed by atoms with Gasteiger partial charge in [-0.1, -0.05) is 17.8 Å². The van der Waals surface area contributed by atoms with Crippen molar-refractivity contribution in [1.82, 2.24) is 9.88 Å². The summed E-state index contributed by atoms with van der Waals surface area (Å²) in [7, 11) is 2.69. The SMILES string of the molecule is CCN1CCC(/C(C)=C/c2[nH]c(C=O)cc2/C=C(\C)P)CC1. The van der Waals surface area contributed by atoms with Crippen molar-refractivity contribution in [2.75, 3.05) is 19.6 Å². The van der Waals surface area contributed by atoms with E-state index in [-0.39, 0.29) is 0 Å². The molecule has 1 aliphatic rings. The maximum Gasteiger partial charge on any atom is 0.166 e. The average molecular weight is 318 g/mol. The lowest BCUT2D eigenvalue weighted by molar-refractivity contribution is 0.111. The molecule has 120 valence electrons. The molecule has 22 heavy (non-hydrogen) atoms. The number of rotatable bonds is 5. The van der Waals surface area contributed by atoms with Crippen LogP contribution in [0.25, 0.3) is 12.2 Å². The number of likely N-dealkylation sites (tertiary alicyclic amines) is 1. The van der Waals surface area contributed by atoms with Crippen molar-refractivity contribution < 1.29 is 4.79 Å². The Morgan fingerprint density at radius 2 is 2.05 bits per heavy atom. The highest BCUT2D eigenvalue weighted by atomic mass is 31.0. The van der Waals surface area contributed by atoms with E-state index < -0.39 is 0 Å². The van der Waals surface area contributed by atoms with Crippen molar-refractivity contribution in [3.05, 3.63) is 33.9 Å². The number of hydrogen-bond acceptors (Lipinski definition) is 2. The van der Waals surface area contributed by atoms with Crippen LogP contribution in [-0.4, -0.2) is 35.8 Å². The number of aromatic amines is 1. The standard InChI is InChI=1S/C18H27N2OP/c1-4-20-7-5-15(6-8-20)13(2)9-18-16(10-14(3)22)11-17(12-21)19-18/h9-12,15,19H,4-8,22H2,1-3H3/b13-9+,14-10+. The van der Waals surface area contributed by atoms with Gasteiger partial charge in [-0.2, -0.15) is 0 Å². The number of aldehydes is 1. The van der Waals surface area contributed by atoms with Gasteiger partial charge in [0.25, 0.3) is 0 Å². The van der Waals surface area contributed by atoms with Gasteiger partial charge in [-0.3, -0.25) is 4.79 Å². The summed E-state index contributed by atoms with van der Waals surface area (Å²) in [6.07, 6.45) is 7.64. The molecule has 1 aromatic heterocycles. The number of carbonyl (C=O) groups excluding carboxylic acids is 1. The van der Waals surface area contributed by atoms with E-state index in [0.29, 0.717) is 11.6 Å². The Labute approximate surface area is 136 Å². The van der Waals surface area contributed by atoms with E-state index in [9.17, 15) is 4.79 Å². The molecule has 1 saturated heterocycles. The number of hydrogen-bond donors (Lipinski definition) is 1. The normalized spacial score (nSPS) is 18.7. The molecule has 1 unspecified atom stereocenters. The zero-order chi connectivity index (χ0) is 16.1. The number of carbonyl (C=O) groups is 1. The van der Waals surface area contributed by atoms with Gasteiger partial charge in [-0.25, -0.2) is 0 Å². The highest BCUT2D eigenvalue weighted by Crippen LogP contribution is 2.27. The number of piperidine rings is 1. The van der Waals surface area contributed by atoms with Crippen LogP contribution in [0.15, 0.2) is 17.0 Å². The third-order valence-corrected chi connectivity index (χ3v) is 4.63. The van der Waals surface area contributed by atoms with Crippen LogP contribution in [0, 0.1) is 5.92 Å². The molecule has 0 radical (unpaired) electrons. The fraction of sp³-hybridized carbons (Fsp3) is 0.500. The Balaban J connectivity index is 2.19. The largest absolute Gasteiger partial charge is 0.352 e. The molecule has 1 N–H and O–H groups in total. The summed E-state index contributed by atoms with van der Waals surface area (Å²) < 4.78 is 0. The molecular weight excluding hydrogens is 291 g/mol. The van der Waals surface area contributed by atoms with Crippen LogP contribution in [0.5, 0.6) is 0 Å². The predicted molar refractivity (Wildman–Crippen MR) is 98.0 cm³/mol. The van der Waals surface area contributed by atoms with E-state index in [0.717, 1.165) is 29.4 Å².